The smallest absolute Gasteiger partial charge is 0.118 e. The van der Waals surface area contributed by atoms with E-state index in [2.05, 4.69) is 99.7 Å². The third-order valence-corrected chi connectivity index (χ3v) is 9.25. The lowest BCUT2D eigenvalue weighted by Crippen LogP contribution is -2.32. The molecule has 4 heteroatoms. The minimum Gasteiger partial charge on any atom is -0.181 e. The van der Waals surface area contributed by atoms with Crippen LogP contribution >= 0.6 is 19.0 Å². The molecule has 0 atom stereocenters. The summed E-state index contributed by atoms with van der Waals surface area (Å²) < 4.78 is 8.77. The second-order valence-corrected chi connectivity index (χ2v) is 9.91. The summed E-state index contributed by atoms with van der Waals surface area (Å²) in [6.45, 7) is 0. The van der Waals surface area contributed by atoms with E-state index in [0.29, 0.717) is 0 Å². The fourth-order valence-corrected chi connectivity index (χ4v) is 7.92. The molecule has 0 amide bonds. The van der Waals surface area contributed by atoms with Crippen molar-refractivity contribution in [2.75, 3.05) is 0 Å². The third kappa shape index (κ3) is 3.13. The Bertz CT molecular complexity index is 813. The summed E-state index contributed by atoms with van der Waals surface area (Å²) in [5.41, 5.74) is 1.06. The normalized spacial score (nSPS) is 11.4. The van der Waals surface area contributed by atoms with E-state index >= 15 is 0 Å². The zero-order valence-electron chi connectivity index (χ0n) is 13.7. The minimum atomic E-state index is -1.84. The van der Waals surface area contributed by atoms with E-state index in [1.165, 1.54) is 27.6 Å². The van der Waals surface area contributed by atoms with E-state index in [-0.39, 0.29) is 0 Å². The molecule has 0 saturated carbocycles. The summed E-state index contributed by atoms with van der Waals surface area (Å²) >= 11 is 1.28. The highest BCUT2D eigenvalue weighted by Crippen LogP contribution is 2.57. The first-order valence-electron chi connectivity index (χ1n) is 8.21. The van der Waals surface area contributed by atoms with Crippen LogP contribution in [-0.2, 0) is 6.16 Å². The van der Waals surface area contributed by atoms with Gasteiger partial charge in [-0.1, -0.05) is 54.6 Å². The minimum absolute atomic E-state index is 0.890. The van der Waals surface area contributed by atoms with E-state index < -0.39 is 7.26 Å². The molecule has 1 aromatic heterocycles. The van der Waals surface area contributed by atoms with Gasteiger partial charge in [-0.2, -0.15) is 8.75 Å². The molecule has 0 N–H and O–H groups in total. The molecular weight excluding hydrogens is 343 g/mol. The first-order valence-corrected chi connectivity index (χ1v) is 10.9. The van der Waals surface area contributed by atoms with Gasteiger partial charge in [-0.15, -0.1) is 0 Å². The highest BCUT2D eigenvalue weighted by Gasteiger charge is 2.45. The fraction of sp³-hybridized carbons (Fsp3) is 0.0476. The first kappa shape index (κ1) is 16.1. The van der Waals surface area contributed by atoms with Gasteiger partial charge in [-0.25, -0.2) is 0 Å². The Morgan fingerprint density at radius 3 is 1.44 bits per heavy atom. The Balaban J connectivity index is 2.01. The molecular formula is C21H18N2PS+. The van der Waals surface area contributed by atoms with Crippen molar-refractivity contribution in [2.24, 2.45) is 0 Å². The van der Waals surface area contributed by atoms with Crippen molar-refractivity contribution in [1.82, 2.24) is 8.75 Å². The van der Waals surface area contributed by atoms with Gasteiger partial charge >= 0.3 is 0 Å². The molecule has 0 spiro atoms. The van der Waals surface area contributed by atoms with Gasteiger partial charge in [-0.05, 0) is 36.4 Å². The molecule has 2 nitrogen and oxygen atoms in total. The second kappa shape index (κ2) is 7.26. The first-order chi connectivity index (χ1) is 12.4. The topological polar surface area (TPSA) is 25.8 Å². The van der Waals surface area contributed by atoms with E-state index in [9.17, 15) is 0 Å². The molecule has 0 aliphatic heterocycles. The average molecular weight is 361 g/mol. The lowest BCUT2D eigenvalue weighted by molar-refractivity contribution is 1.27. The Morgan fingerprint density at radius 2 is 1.08 bits per heavy atom. The molecule has 0 radical (unpaired) electrons. The van der Waals surface area contributed by atoms with Crippen LogP contribution in [0.3, 0.4) is 0 Å². The molecule has 0 aliphatic rings. The lowest BCUT2D eigenvalue weighted by Gasteiger charge is -2.26. The zero-order valence-corrected chi connectivity index (χ0v) is 15.4. The maximum absolute atomic E-state index is 4.54. The molecule has 4 aromatic rings. The quantitative estimate of drug-likeness (QED) is 0.502. The Hall–Kier alpha value is -2.35. The van der Waals surface area contributed by atoms with Crippen LogP contribution in [0.25, 0.3) is 0 Å². The van der Waals surface area contributed by atoms with Crippen molar-refractivity contribution in [3.8, 4) is 0 Å². The van der Waals surface area contributed by atoms with Gasteiger partial charge < -0.3 is 0 Å². The van der Waals surface area contributed by atoms with Crippen LogP contribution in [0.1, 0.15) is 5.69 Å². The van der Waals surface area contributed by atoms with Gasteiger partial charge in [-0.3, -0.25) is 0 Å². The number of hydrogen-bond acceptors (Lipinski definition) is 3. The molecule has 3 aromatic carbocycles. The van der Waals surface area contributed by atoms with E-state index in [1.807, 2.05) is 6.20 Å². The lowest BCUT2D eigenvalue weighted by atomic mass is 10.4. The summed E-state index contributed by atoms with van der Waals surface area (Å²) in [5.74, 6) is 0. The summed E-state index contributed by atoms with van der Waals surface area (Å²) in [6, 6.07) is 32.6. The Morgan fingerprint density at radius 1 is 0.640 bits per heavy atom. The summed E-state index contributed by atoms with van der Waals surface area (Å²) in [7, 11) is -1.84. The predicted octanol–water partition coefficient (Wildman–Crippen LogP) is 4.03. The fourth-order valence-electron chi connectivity index (χ4n) is 3.27. The van der Waals surface area contributed by atoms with E-state index in [4.69, 9.17) is 0 Å². The number of rotatable bonds is 5. The van der Waals surface area contributed by atoms with Crippen molar-refractivity contribution in [1.29, 1.82) is 0 Å². The number of nitrogens with zero attached hydrogens (tertiary/aromatic N) is 2. The molecule has 25 heavy (non-hydrogen) atoms. The highest BCUT2D eigenvalue weighted by molar-refractivity contribution is 7.95. The Kier molecular flexibility index (Phi) is 4.69. The molecule has 1 heterocycles. The van der Waals surface area contributed by atoms with Gasteiger partial charge in [0.2, 0.25) is 0 Å². The summed E-state index contributed by atoms with van der Waals surface area (Å²) in [5, 5.41) is 4.13. The maximum Gasteiger partial charge on any atom is 0.118 e. The van der Waals surface area contributed by atoms with Gasteiger partial charge in [0, 0.05) is 0 Å². The molecule has 122 valence electrons. The van der Waals surface area contributed by atoms with E-state index in [1.54, 1.807) is 0 Å². The SMILES string of the molecule is c1ccc([P+](Cc2cnsn2)(c2ccccc2)c2ccccc2)cc1. The number of benzene rings is 3. The third-order valence-electron chi connectivity index (χ3n) is 4.40. The van der Waals surface area contributed by atoms with Crippen LogP contribution in [0, 0.1) is 0 Å². The van der Waals surface area contributed by atoms with Gasteiger partial charge in [0.05, 0.1) is 17.9 Å². The number of aromatic nitrogens is 2. The van der Waals surface area contributed by atoms with E-state index in [0.717, 1.165) is 11.9 Å². The van der Waals surface area contributed by atoms with Crippen LogP contribution in [-0.4, -0.2) is 8.75 Å². The van der Waals surface area contributed by atoms with Crippen LogP contribution in [0.4, 0.5) is 0 Å². The summed E-state index contributed by atoms with van der Waals surface area (Å²) in [4.78, 5) is 0. The second-order valence-electron chi connectivity index (χ2n) is 5.87. The van der Waals surface area contributed by atoms with Crippen molar-refractivity contribution in [3.05, 3.63) is 103 Å². The maximum atomic E-state index is 4.54. The van der Waals surface area contributed by atoms with Crippen molar-refractivity contribution in [2.45, 2.75) is 6.16 Å². The molecule has 0 unspecified atom stereocenters. The Labute approximate surface area is 152 Å². The monoisotopic (exact) mass is 361 g/mol. The molecule has 0 saturated heterocycles. The van der Waals surface area contributed by atoms with Crippen molar-refractivity contribution >= 4 is 34.9 Å². The number of hydrogen-bond donors (Lipinski definition) is 0. The van der Waals surface area contributed by atoms with Crippen LogP contribution in [0.5, 0.6) is 0 Å². The molecule has 0 aliphatic carbocycles. The summed E-state index contributed by atoms with van der Waals surface area (Å²) in [6.07, 6.45) is 2.80. The largest absolute Gasteiger partial charge is 0.181 e. The van der Waals surface area contributed by atoms with Gasteiger partial charge in [0.25, 0.3) is 0 Å². The average Bonchev–Trinajstić information content (AvgIpc) is 3.21. The standard InChI is InChI=1S/C21H18N2PS/c1-4-10-19(11-5-1)24(17-18-16-22-25-23-18,20-12-6-2-7-13-20)21-14-8-3-9-15-21/h1-16H,17H2/q+1. The van der Waals surface area contributed by atoms with Crippen molar-refractivity contribution in [3.63, 3.8) is 0 Å². The predicted molar refractivity (Wildman–Crippen MR) is 109 cm³/mol. The van der Waals surface area contributed by atoms with Crippen LogP contribution in [0.15, 0.2) is 97.2 Å². The zero-order chi connectivity index (χ0) is 17.0. The van der Waals surface area contributed by atoms with Crippen LogP contribution < -0.4 is 15.9 Å². The molecule has 4 rings (SSSR count). The highest BCUT2D eigenvalue weighted by atomic mass is 32.1. The van der Waals surface area contributed by atoms with Gasteiger partial charge in [0.15, 0.2) is 0 Å². The van der Waals surface area contributed by atoms with Crippen LogP contribution in [0.2, 0.25) is 0 Å². The van der Waals surface area contributed by atoms with Gasteiger partial charge in [0.1, 0.15) is 35.0 Å². The molecule has 0 bridgehead atoms. The van der Waals surface area contributed by atoms with Crippen molar-refractivity contribution < 1.29 is 0 Å². The molecule has 0 fully saturated rings.